The Morgan fingerprint density at radius 1 is 1.30 bits per heavy atom. The highest BCUT2D eigenvalue weighted by molar-refractivity contribution is 6.99. The van der Waals surface area contributed by atoms with Crippen molar-refractivity contribution in [1.29, 1.82) is 0 Å². The van der Waals surface area contributed by atoms with E-state index < -0.39 is 6.10 Å². The van der Waals surface area contributed by atoms with E-state index in [0.29, 0.717) is 12.4 Å². The van der Waals surface area contributed by atoms with Crippen molar-refractivity contribution >= 4 is 11.7 Å². The van der Waals surface area contributed by atoms with E-state index in [2.05, 4.69) is 45.3 Å². The molecule has 0 aliphatic rings. The normalized spacial score (nSPS) is 12.3. The van der Waals surface area contributed by atoms with Crippen molar-refractivity contribution in [3.8, 4) is 5.88 Å². The summed E-state index contributed by atoms with van der Waals surface area (Å²) < 4.78 is 13.0. The molecule has 1 heterocycles. The first kappa shape index (κ1) is 14.9. The van der Waals surface area contributed by atoms with Crippen molar-refractivity contribution in [2.45, 2.75) is 26.0 Å². The first-order chi connectivity index (χ1) is 9.78. The molecule has 2 rings (SSSR count). The van der Waals surface area contributed by atoms with Crippen LogP contribution in [0.2, 0.25) is 0 Å². The molecular formula is C14H19N3O2S. The van der Waals surface area contributed by atoms with Gasteiger partial charge in [0.15, 0.2) is 0 Å². The fraction of sp³-hybridized carbons (Fsp3) is 0.429. The summed E-state index contributed by atoms with van der Waals surface area (Å²) in [5.74, 6) is 0.462. The van der Waals surface area contributed by atoms with Crippen LogP contribution in [0.5, 0.6) is 5.88 Å². The largest absolute Gasteiger partial charge is 0.473 e. The average Bonchev–Trinajstić information content (AvgIpc) is 2.99. The van der Waals surface area contributed by atoms with Gasteiger partial charge in [-0.15, -0.1) is 4.37 Å². The van der Waals surface area contributed by atoms with E-state index in [4.69, 9.17) is 4.74 Å². The highest BCUT2D eigenvalue weighted by atomic mass is 32.1. The molecule has 0 aliphatic heterocycles. The molecule has 0 spiro atoms. The molecule has 20 heavy (non-hydrogen) atoms. The van der Waals surface area contributed by atoms with Gasteiger partial charge in [-0.2, -0.15) is 4.37 Å². The molecule has 1 atom stereocenters. The van der Waals surface area contributed by atoms with Crippen LogP contribution < -0.4 is 10.1 Å². The van der Waals surface area contributed by atoms with Crippen molar-refractivity contribution in [1.82, 2.24) is 14.1 Å². The predicted octanol–water partition coefficient (Wildman–Crippen LogP) is 1.63. The van der Waals surface area contributed by atoms with Gasteiger partial charge in [-0.25, -0.2) is 0 Å². The second-order valence-corrected chi connectivity index (χ2v) is 5.07. The van der Waals surface area contributed by atoms with Crippen molar-refractivity contribution in [2.75, 3.05) is 13.2 Å². The van der Waals surface area contributed by atoms with E-state index in [9.17, 15) is 5.11 Å². The number of nitrogens with one attached hydrogen (secondary N) is 1. The van der Waals surface area contributed by atoms with E-state index in [0.717, 1.165) is 24.7 Å². The lowest BCUT2D eigenvalue weighted by Gasteiger charge is -2.12. The third-order valence-electron chi connectivity index (χ3n) is 2.90. The molecule has 1 aromatic heterocycles. The Labute approximate surface area is 122 Å². The van der Waals surface area contributed by atoms with Gasteiger partial charge in [0.05, 0.1) is 11.7 Å². The lowest BCUT2D eigenvalue weighted by Crippen LogP contribution is -2.31. The number of hydrogen-bond acceptors (Lipinski definition) is 6. The second-order valence-electron chi connectivity index (χ2n) is 4.51. The molecule has 0 bridgehead atoms. The highest BCUT2D eigenvalue weighted by Crippen LogP contribution is 2.06. The van der Waals surface area contributed by atoms with Crippen molar-refractivity contribution < 1.29 is 9.84 Å². The maximum atomic E-state index is 9.78. The van der Waals surface area contributed by atoms with Gasteiger partial charge in [-0.3, -0.25) is 0 Å². The number of aryl methyl sites for hydroxylation is 1. The topological polar surface area (TPSA) is 67.3 Å². The summed E-state index contributed by atoms with van der Waals surface area (Å²) in [6, 6.07) is 8.48. The molecule has 1 unspecified atom stereocenters. The van der Waals surface area contributed by atoms with E-state index in [1.54, 1.807) is 6.20 Å². The third kappa shape index (κ3) is 4.88. The van der Waals surface area contributed by atoms with Crippen LogP contribution >= 0.6 is 11.7 Å². The lowest BCUT2D eigenvalue weighted by molar-refractivity contribution is 0.104. The number of hydrogen-bond donors (Lipinski definition) is 2. The monoisotopic (exact) mass is 293 g/mol. The molecule has 0 radical (unpaired) electrons. The van der Waals surface area contributed by atoms with Crippen LogP contribution in [0.3, 0.4) is 0 Å². The Morgan fingerprint density at radius 2 is 2.05 bits per heavy atom. The van der Waals surface area contributed by atoms with Crippen LogP contribution in [-0.2, 0) is 13.0 Å². The van der Waals surface area contributed by atoms with Gasteiger partial charge in [0.25, 0.3) is 0 Å². The van der Waals surface area contributed by atoms with E-state index >= 15 is 0 Å². The van der Waals surface area contributed by atoms with Crippen molar-refractivity contribution in [3.63, 3.8) is 0 Å². The molecule has 1 aromatic carbocycles. The average molecular weight is 293 g/mol. The van der Waals surface area contributed by atoms with Crippen LogP contribution in [0, 0.1) is 0 Å². The van der Waals surface area contributed by atoms with E-state index in [-0.39, 0.29) is 6.61 Å². The molecule has 6 heteroatoms. The first-order valence-corrected chi connectivity index (χ1v) is 7.38. The Kier molecular flexibility index (Phi) is 5.91. The Hall–Kier alpha value is -1.50. The number of ether oxygens (including phenoxy) is 1. The summed E-state index contributed by atoms with van der Waals surface area (Å²) in [4.78, 5) is 0. The zero-order valence-corrected chi connectivity index (χ0v) is 12.3. The maximum Gasteiger partial charge on any atom is 0.245 e. The van der Waals surface area contributed by atoms with Crippen LogP contribution in [0.25, 0.3) is 0 Å². The molecule has 0 amide bonds. The second kappa shape index (κ2) is 7.94. The summed E-state index contributed by atoms with van der Waals surface area (Å²) in [6.07, 6.45) is 2.03. The molecular weight excluding hydrogens is 274 g/mol. The first-order valence-electron chi connectivity index (χ1n) is 6.65. The van der Waals surface area contributed by atoms with Gasteiger partial charge in [0.1, 0.15) is 18.9 Å². The SMILES string of the molecule is CCc1ccc(CNCC(O)COc2cnsn2)cc1. The Morgan fingerprint density at radius 3 is 2.70 bits per heavy atom. The zero-order valence-electron chi connectivity index (χ0n) is 11.5. The molecule has 0 fully saturated rings. The minimum Gasteiger partial charge on any atom is -0.473 e. The number of benzene rings is 1. The summed E-state index contributed by atoms with van der Waals surface area (Å²) in [5.41, 5.74) is 2.54. The van der Waals surface area contributed by atoms with Gasteiger partial charge < -0.3 is 15.2 Å². The highest BCUT2D eigenvalue weighted by Gasteiger charge is 2.06. The minimum atomic E-state index is -0.563. The van der Waals surface area contributed by atoms with Gasteiger partial charge in [0.2, 0.25) is 5.88 Å². The number of rotatable bonds is 8. The molecule has 108 valence electrons. The summed E-state index contributed by atoms with van der Waals surface area (Å²) in [7, 11) is 0. The standard InChI is InChI=1S/C14H19N3O2S/c1-2-11-3-5-12(6-4-11)7-15-8-13(18)10-19-14-9-16-20-17-14/h3-6,9,13,15,18H,2,7-8,10H2,1H3. The van der Waals surface area contributed by atoms with Crippen molar-refractivity contribution in [2.24, 2.45) is 0 Å². The minimum absolute atomic E-state index is 0.215. The Bertz CT molecular complexity index is 488. The molecule has 0 aliphatic carbocycles. The van der Waals surface area contributed by atoms with Gasteiger partial charge in [-0.1, -0.05) is 31.2 Å². The van der Waals surface area contributed by atoms with Gasteiger partial charge in [-0.05, 0) is 17.5 Å². The van der Waals surface area contributed by atoms with E-state index in [1.165, 1.54) is 11.1 Å². The quantitative estimate of drug-likeness (QED) is 0.774. The smallest absolute Gasteiger partial charge is 0.245 e. The molecule has 0 saturated carbocycles. The predicted molar refractivity (Wildman–Crippen MR) is 78.9 cm³/mol. The summed E-state index contributed by atoms with van der Waals surface area (Å²) >= 11 is 1.09. The fourth-order valence-corrected chi connectivity index (χ4v) is 2.10. The van der Waals surface area contributed by atoms with Crippen LogP contribution in [0.4, 0.5) is 0 Å². The van der Waals surface area contributed by atoms with E-state index in [1.807, 2.05) is 0 Å². The molecule has 2 N–H and O–H groups in total. The maximum absolute atomic E-state index is 9.78. The third-order valence-corrected chi connectivity index (χ3v) is 3.37. The summed E-state index contributed by atoms with van der Waals surface area (Å²) in [6.45, 7) is 3.57. The summed E-state index contributed by atoms with van der Waals surface area (Å²) in [5, 5.41) is 13.0. The number of aliphatic hydroxyl groups excluding tert-OH is 1. The number of aliphatic hydroxyl groups is 1. The number of nitrogens with zero attached hydrogens (tertiary/aromatic N) is 2. The van der Waals surface area contributed by atoms with Crippen LogP contribution in [0.15, 0.2) is 30.5 Å². The van der Waals surface area contributed by atoms with Gasteiger partial charge >= 0.3 is 0 Å². The fourth-order valence-electron chi connectivity index (χ4n) is 1.74. The van der Waals surface area contributed by atoms with Crippen LogP contribution in [-0.4, -0.2) is 33.1 Å². The van der Waals surface area contributed by atoms with Crippen molar-refractivity contribution in [3.05, 3.63) is 41.6 Å². The molecule has 2 aromatic rings. The van der Waals surface area contributed by atoms with Gasteiger partial charge in [0, 0.05) is 13.1 Å². The number of aromatic nitrogens is 2. The molecule has 5 nitrogen and oxygen atoms in total. The molecule has 0 saturated heterocycles. The zero-order chi connectivity index (χ0) is 14.2. The van der Waals surface area contributed by atoms with Crippen LogP contribution in [0.1, 0.15) is 18.1 Å². The lowest BCUT2D eigenvalue weighted by atomic mass is 10.1. The Balaban J connectivity index is 1.64.